The Labute approximate surface area is 195 Å². The fourth-order valence-electron chi connectivity index (χ4n) is 3.83. The Morgan fingerprint density at radius 3 is 2.61 bits per heavy atom. The van der Waals surface area contributed by atoms with E-state index in [9.17, 15) is 9.59 Å². The van der Waals surface area contributed by atoms with Crippen LogP contribution < -0.4 is 16.1 Å². The van der Waals surface area contributed by atoms with Gasteiger partial charge in [0.2, 0.25) is 0 Å². The molecule has 2 aromatic heterocycles. The highest BCUT2D eigenvalue weighted by Gasteiger charge is 2.17. The van der Waals surface area contributed by atoms with Crippen molar-refractivity contribution in [2.75, 3.05) is 0 Å². The van der Waals surface area contributed by atoms with Gasteiger partial charge in [0, 0.05) is 29.6 Å². The molecule has 0 spiro atoms. The zero-order chi connectivity index (χ0) is 23.7. The van der Waals surface area contributed by atoms with Gasteiger partial charge < -0.3 is 9.15 Å². The zero-order valence-corrected chi connectivity index (χ0v) is 19.8. The molecule has 0 fully saturated rings. The second kappa shape index (κ2) is 9.23. The van der Waals surface area contributed by atoms with Crippen molar-refractivity contribution in [2.45, 2.75) is 46.6 Å². The third-order valence-corrected chi connectivity index (χ3v) is 6.12. The molecule has 0 atom stereocenters. The highest BCUT2D eigenvalue weighted by molar-refractivity contribution is 6.32. The number of unbranched alkanes of at least 4 members (excludes halogenated alkanes) is 1. The number of nitrogens with zero attached hydrogens (tertiary/aromatic N) is 4. The molecule has 0 bridgehead atoms. The second-order valence-electron chi connectivity index (χ2n) is 8.03. The van der Waals surface area contributed by atoms with Crippen molar-refractivity contribution in [1.29, 1.82) is 0 Å². The number of benzene rings is 2. The summed E-state index contributed by atoms with van der Waals surface area (Å²) in [5.41, 5.74) is 3.57. The van der Waals surface area contributed by atoms with Crippen LogP contribution >= 0.6 is 11.6 Å². The van der Waals surface area contributed by atoms with E-state index in [1.54, 1.807) is 18.2 Å². The first-order valence-electron chi connectivity index (χ1n) is 10.8. The number of hydrogen-bond donors (Lipinski definition) is 0. The Morgan fingerprint density at radius 2 is 1.91 bits per heavy atom. The van der Waals surface area contributed by atoms with Gasteiger partial charge in [-0.05, 0) is 60.4 Å². The average Bonchev–Trinajstić information content (AvgIpc) is 3.11. The van der Waals surface area contributed by atoms with E-state index < -0.39 is 0 Å². The van der Waals surface area contributed by atoms with E-state index in [1.165, 1.54) is 11.7 Å². The van der Waals surface area contributed by atoms with Gasteiger partial charge in [0.1, 0.15) is 17.9 Å². The molecule has 172 valence electrons. The lowest BCUT2D eigenvalue weighted by Crippen LogP contribution is -2.23. The van der Waals surface area contributed by atoms with Crippen molar-refractivity contribution >= 4 is 22.6 Å². The number of hydrogen-bond acceptors (Lipinski definition) is 6. The smallest absolute Gasteiger partial charge is 0.368 e. The molecule has 0 aliphatic carbocycles. The highest BCUT2D eigenvalue weighted by atomic mass is 35.5. The van der Waals surface area contributed by atoms with E-state index >= 15 is 0 Å². The maximum atomic E-state index is 12.5. The van der Waals surface area contributed by atoms with Gasteiger partial charge in [-0.25, -0.2) is 9.59 Å². The summed E-state index contributed by atoms with van der Waals surface area (Å²) in [6, 6.07) is 8.95. The summed E-state index contributed by atoms with van der Waals surface area (Å²) in [4.78, 5) is 24.9. The number of ether oxygens (including phenoxy) is 1. The molecular weight excluding hydrogens is 444 g/mol. The van der Waals surface area contributed by atoms with E-state index in [0.717, 1.165) is 39.6 Å². The third kappa shape index (κ3) is 4.30. The van der Waals surface area contributed by atoms with Crippen molar-refractivity contribution in [3.63, 3.8) is 0 Å². The van der Waals surface area contributed by atoms with E-state index in [4.69, 9.17) is 20.8 Å². The van der Waals surface area contributed by atoms with Crippen LogP contribution in [0.3, 0.4) is 0 Å². The van der Waals surface area contributed by atoms with Gasteiger partial charge in [0.25, 0.3) is 0 Å². The van der Waals surface area contributed by atoms with Gasteiger partial charge in [0.05, 0.1) is 10.7 Å². The molecule has 4 rings (SSSR count). The molecule has 8 nitrogen and oxygen atoms in total. The standard InChI is InChI=1S/C24H25ClN4O4/c1-5-6-9-16-15(3)17-11-19(25)22(12-21(17)33-23(16)30)32-13-18-14(2)8-7-10-20(18)29-24(31)28(4)26-27-29/h7-8,10-12H,5-6,9,13H2,1-4H3. The van der Waals surface area contributed by atoms with Crippen LogP contribution in [0.15, 0.2) is 44.3 Å². The summed E-state index contributed by atoms with van der Waals surface area (Å²) in [6.07, 6.45) is 2.58. The fraction of sp³-hybridized carbons (Fsp3) is 0.333. The summed E-state index contributed by atoms with van der Waals surface area (Å²) in [5.74, 6) is 0.383. The molecule has 0 radical (unpaired) electrons. The van der Waals surface area contributed by atoms with Crippen LogP contribution in [0, 0.1) is 13.8 Å². The monoisotopic (exact) mass is 468 g/mol. The Balaban J connectivity index is 1.70. The van der Waals surface area contributed by atoms with Crippen LogP contribution in [0.4, 0.5) is 0 Å². The summed E-state index contributed by atoms with van der Waals surface area (Å²) in [6.45, 7) is 6.05. The molecule has 0 saturated heterocycles. The Bertz CT molecular complexity index is 1450. The molecular formula is C24H25ClN4O4. The molecule has 0 unspecified atom stereocenters. The first-order valence-corrected chi connectivity index (χ1v) is 11.2. The van der Waals surface area contributed by atoms with E-state index in [0.29, 0.717) is 34.0 Å². The Morgan fingerprint density at radius 1 is 1.12 bits per heavy atom. The first-order chi connectivity index (χ1) is 15.8. The molecule has 2 heterocycles. The normalized spacial score (nSPS) is 11.3. The quantitative estimate of drug-likeness (QED) is 0.376. The molecule has 2 aromatic carbocycles. The maximum Gasteiger partial charge on any atom is 0.368 e. The number of tetrazole rings is 1. The van der Waals surface area contributed by atoms with Gasteiger partial charge >= 0.3 is 11.3 Å². The lowest BCUT2D eigenvalue weighted by molar-refractivity contribution is 0.305. The molecule has 0 amide bonds. The number of fused-ring (bicyclic) bond motifs is 1. The van der Waals surface area contributed by atoms with Crippen LogP contribution in [-0.4, -0.2) is 19.8 Å². The molecule has 0 aliphatic heterocycles. The van der Waals surface area contributed by atoms with Crippen LogP contribution in [0.25, 0.3) is 16.7 Å². The summed E-state index contributed by atoms with van der Waals surface area (Å²) >= 11 is 6.54. The molecule has 4 aromatic rings. The van der Waals surface area contributed by atoms with Crippen molar-refractivity contribution in [1.82, 2.24) is 19.8 Å². The van der Waals surface area contributed by atoms with E-state index in [1.807, 2.05) is 26.0 Å². The van der Waals surface area contributed by atoms with Gasteiger partial charge in [0.15, 0.2) is 0 Å². The number of aromatic nitrogens is 4. The first kappa shape index (κ1) is 22.8. The third-order valence-electron chi connectivity index (χ3n) is 5.83. The fourth-order valence-corrected chi connectivity index (χ4v) is 4.05. The molecule has 33 heavy (non-hydrogen) atoms. The van der Waals surface area contributed by atoms with Crippen molar-refractivity contribution in [3.05, 3.63) is 78.5 Å². The Kier molecular flexibility index (Phi) is 6.37. The van der Waals surface area contributed by atoms with Crippen LogP contribution in [0.2, 0.25) is 5.02 Å². The molecule has 0 N–H and O–H groups in total. The number of aryl methyl sites for hydroxylation is 3. The van der Waals surface area contributed by atoms with Gasteiger partial charge in [-0.1, -0.05) is 37.1 Å². The van der Waals surface area contributed by atoms with E-state index in [2.05, 4.69) is 17.4 Å². The molecule has 0 saturated carbocycles. The van der Waals surface area contributed by atoms with Crippen LogP contribution in [0.5, 0.6) is 5.75 Å². The minimum Gasteiger partial charge on any atom is -0.487 e. The van der Waals surface area contributed by atoms with Crippen molar-refractivity contribution in [2.24, 2.45) is 7.05 Å². The SMILES string of the molecule is CCCCc1c(C)c2cc(Cl)c(OCc3c(C)cccc3-n3nnn(C)c3=O)cc2oc1=O. The minimum atomic E-state index is -0.360. The maximum absolute atomic E-state index is 12.5. The van der Waals surface area contributed by atoms with Crippen LogP contribution in [0.1, 0.15) is 42.0 Å². The zero-order valence-electron chi connectivity index (χ0n) is 19.0. The molecule has 9 heteroatoms. The predicted molar refractivity (Wildman–Crippen MR) is 127 cm³/mol. The van der Waals surface area contributed by atoms with E-state index in [-0.39, 0.29) is 17.9 Å². The summed E-state index contributed by atoms with van der Waals surface area (Å²) in [5, 5.41) is 8.92. The predicted octanol–water partition coefficient (Wildman–Crippen LogP) is 4.26. The van der Waals surface area contributed by atoms with Gasteiger partial charge in [-0.2, -0.15) is 9.36 Å². The summed E-state index contributed by atoms with van der Waals surface area (Å²) < 4.78 is 14.0. The lowest BCUT2D eigenvalue weighted by atomic mass is 10.0. The van der Waals surface area contributed by atoms with Gasteiger partial charge in [-0.15, -0.1) is 0 Å². The topological polar surface area (TPSA) is 92.2 Å². The molecule has 0 aliphatic rings. The number of halogens is 1. The minimum absolute atomic E-state index is 0.133. The van der Waals surface area contributed by atoms with Gasteiger partial charge in [-0.3, -0.25) is 0 Å². The van der Waals surface area contributed by atoms with Crippen LogP contribution in [-0.2, 0) is 20.1 Å². The summed E-state index contributed by atoms with van der Waals surface area (Å²) in [7, 11) is 1.54. The van der Waals surface area contributed by atoms with Crippen molar-refractivity contribution in [3.8, 4) is 11.4 Å². The second-order valence-corrected chi connectivity index (χ2v) is 8.44. The lowest BCUT2D eigenvalue weighted by Gasteiger charge is -2.15. The Hall–Kier alpha value is -3.39. The number of rotatable bonds is 7. The van der Waals surface area contributed by atoms with Crippen molar-refractivity contribution < 1.29 is 9.15 Å². The highest BCUT2D eigenvalue weighted by Crippen LogP contribution is 2.33. The average molecular weight is 469 g/mol. The largest absolute Gasteiger partial charge is 0.487 e.